The van der Waals surface area contributed by atoms with Gasteiger partial charge >= 0.3 is 0 Å². The summed E-state index contributed by atoms with van der Waals surface area (Å²) in [4.78, 5) is 17.7. The van der Waals surface area contributed by atoms with Crippen LogP contribution in [-0.4, -0.2) is 30.5 Å². The van der Waals surface area contributed by atoms with Crippen LogP contribution in [0.1, 0.15) is 12.8 Å². The van der Waals surface area contributed by atoms with Gasteiger partial charge in [0.15, 0.2) is 0 Å². The van der Waals surface area contributed by atoms with E-state index in [1.807, 2.05) is 12.1 Å². The van der Waals surface area contributed by atoms with Crippen LogP contribution >= 0.6 is 0 Å². The average Bonchev–Trinajstić information content (AvgIpc) is 2.78. The van der Waals surface area contributed by atoms with E-state index in [0.29, 0.717) is 0 Å². The molecular weight excluding hydrogens is 190 g/mol. The number of rotatable bonds is 2. The van der Waals surface area contributed by atoms with Gasteiger partial charge in [-0.25, -0.2) is 0 Å². The summed E-state index contributed by atoms with van der Waals surface area (Å²) in [5.74, 6) is 0.101. The fourth-order valence-corrected chi connectivity index (χ4v) is 2.05. The van der Waals surface area contributed by atoms with Gasteiger partial charge in [-0.05, 0) is 25.0 Å². The summed E-state index contributed by atoms with van der Waals surface area (Å²) in [5, 5.41) is 2.71. The second-order valence-corrected chi connectivity index (χ2v) is 3.67. The first-order valence-electron chi connectivity index (χ1n) is 5.21. The molecule has 1 aromatic heterocycles. The van der Waals surface area contributed by atoms with Crippen molar-refractivity contribution in [2.24, 2.45) is 0 Å². The van der Waals surface area contributed by atoms with E-state index < -0.39 is 0 Å². The highest BCUT2D eigenvalue weighted by molar-refractivity contribution is 5.85. The number of nitrogens with one attached hydrogen (secondary N) is 1. The van der Waals surface area contributed by atoms with Gasteiger partial charge in [-0.3, -0.25) is 9.78 Å². The molecule has 4 heteroatoms. The Morgan fingerprint density at radius 3 is 2.93 bits per heavy atom. The first-order chi connectivity index (χ1) is 7.33. The van der Waals surface area contributed by atoms with Crippen molar-refractivity contribution >= 4 is 11.6 Å². The predicted molar refractivity (Wildman–Crippen MR) is 58.7 cm³/mol. The molecule has 1 aromatic rings. The Bertz CT molecular complexity index is 339. The van der Waals surface area contributed by atoms with Crippen molar-refractivity contribution in [2.45, 2.75) is 18.9 Å². The molecule has 2 heterocycles. The Kier molecular flexibility index (Phi) is 2.85. The zero-order valence-corrected chi connectivity index (χ0v) is 8.81. The molecule has 4 nitrogen and oxygen atoms in total. The Morgan fingerprint density at radius 1 is 1.53 bits per heavy atom. The number of hydrogen-bond acceptors (Lipinski definition) is 3. The van der Waals surface area contributed by atoms with Crippen LogP contribution in [-0.2, 0) is 4.79 Å². The van der Waals surface area contributed by atoms with Gasteiger partial charge in [0.1, 0.15) is 6.04 Å². The number of hydrogen-bond donors (Lipinski definition) is 1. The van der Waals surface area contributed by atoms with Gasteiger partial charge in [-0.2, -0.15) is 0 Å². The monoisotopic (exact) mass is 205 g/mol. The van der Waals surface area contributed by atoms with E-state index in [1.54, 1.807) is 19.4 Å². The van der Waals surface area contributed by atoms with E-state index in [0.717, 1.165) is 25.1 Å². The molecule has 1 N–H and O–H groups in total. The van der Waals surface area contributed by atoms with Crippen LogP contribution in [0.25, 0.3) is 0 Å². The molecule has 0 radical (unpaired) electrons. The van der Waals surface area contributed by atoms with Crippen LogP contribution in [0.15, 0.2) is 24.5 Å². The van der Waals surface area contributed by atoms with E-state index in [-0.39, 0.29) is 11.9 Å². The normalized spacial score (nSPS) is 20.3. The summed E-state index contributed by atoms with van der Waals surface area (Å²) < 4.78 is 0. The number of anilines is 1. The number of carbonyl (C=O) groups is 1. The van der Waals surface area contributed by atoms with E-state index in [4.69, 9.17) is 0 Å². The summed E-state index contributed by atoms with van der Waals surface area (Å²) in [6.07, 6.45) is 5.52. The summed E-state index contributed by atoms with van der Waals surface area (Å²) in [6, 6.07) is 3.88. The molecule has 0 spiro atoms. The molecule has 2 rings (SSSR count). The number of aromatic nitrogens is 1. The summed E-state index contributed by atoms with van der Waals surface area (Å²) in [5.41, 5.74) is 1.08. The Morgan fingerprint density at radius 2 is 2.27 bits per heavy atom. The maximum atomic E-state index is 11.6. The first kappa shape index (κ1) is 9.96. The number of nitrogens with zero attached hydrogens (tertiary/aromatic N) is 2. The fourth-order valence-electron chi connectivity index (χ4n) is 2.05. The van der Waals surface area contributed by atoms with E-state index >= 15 is 0 Å². The topological polar surface area (TPSA) is 45.2 Å². The number of carbonyl (C=O) groups excluding carboxylic acids is 1. The number of likely N-dealkylation sites (N-methyl/N-ethyl adjacent to an activating group) is 1. The number of amides is 1. The maximum Gasteiger partial charge on any atom is 0.242 e. The SMILES string of the molecule is CNC(=O)[C@@H]1CCCN1c1ccncc1. The molecule has 1 amide bonds. The fraction of sp³-hybridized carbons (Fsp3) is 0.455. The maximum absolute atomic E-state index is 11.6. The molecule has 0 bridgehead atoms. The van der Waals surface area contributed by atoms with Gasteiger partial charge in [0.2, 0.25) is 5.91 Å². The molecule has 1 atom stereocenters. The minimum Gasteiger partial charge on any atom is -0.359 e. The zero-order valence-electron chi connectivity index (χ0n) is 8.81. The molecule has 0 unspecified atom stereocenters. The quantitative estimate of drug-likeness (QED) is 0.776. The van der Waals surface area contributed by atoms with Crippen LogP contribution in [0.4, 0.5) is 5.69 Å². The third kappa shape index (κ3) is 1.93. The third-order valence-electron chi connectivity index (χ3n) is 2.80. The van der Waals surface area contributed by atoms with Crippen LogP contribution < -0.4 is 10.2 Å². The zero-order chi connectivity index (χ0) is 10.7. The second kappa shape index (κ2) is 4.29. The van der Waals surface area contributed by atoms with Crippen molar-refractivity contribution in [1.82, 2.24) is 10.3 Å². The van der Waals surface area contributed by atoms with Gasteiger partial charge in [0.05, 0.1) is 0 Å². The van der Waals surface area contributed by atoms with Crippen molar-refractivity contribution in [2.75, 3.05) is 18.5 Å². The first-order valence-corrected chi connectivity index (χ1v) is 5.21. The molecule has 0 aromatic carbocycles. The lowest BCUT2D eigenvalue weighted by atomic mass is 10.2. The highest BCUT2D eigenvalue weighted by Crippen LogP contribution is 2.24. The standard InChI is InChI=1S/C11H15N3O/c1-12-11(15)10-3-2-8-14(10)9-4-6-13-7-5-9/h4-7,10H,2-3,8H2,1H3,(H,12,15)/t10-/m0/s1. The lowest BCUT2D eigenvalue weighted by Crippen LogP contribution is -2.41. The van der Waals surface area contributed by atoms with E-state index in [1.165, 1.54) is 0 Å². The van der Waals surface area contributed by atoms with Gasteiger partial charge < -0.3 is 10.2 Å². The molecule has 80 valence electrons. The smallest absolute Gasteiger partial charge is 0.242 e. The third-order valence-corrected chi connectivity index (χ3v) is 2.80. The van der Waals surface area contributed by atoms with E-state index in [9.17, 15) is 4.79 Å². The molecular formula is C11H15N3O. The summed E-state index contributed by atoms with van der Waals surface area (Å²) >= 11 is 0. The molecule has 1 aliphatic rings. The Labute approximate surface area is 89.3 Å². The molecule has 1 aliphatic heterocycles. The highest BCUT2D eigenvalue weighted by Gasteiger charge is 2.29. The average molecular weight is 205 g/mol. The van der Waals surface area contributed by atoms with Crippen molar-refractivity contribution in [3.8, 4) is 0 Å². The van der Waals surface area contributed by atoms with Crippen molar-refractivity contribution in [1.29, 1.82) is 0 Å². The molecule has 1 fully saturated rings. The molecule has 0 saturated carbocycles. The molecule has 15 heavy (non-hydrogen) atoms. The minimum absolute atomic E-state index is 0.0163. The molecule has 1 saturated heterocycles. The van der Waals surface area contributed by atoms with Crippen LogP contribution in [0.2, 0.25) is 0 Å². The van der Waals surface area contributed by atoms with Crippen LogP contribution in [0.5, 0.6) is 0 Å². The second-order valence-electron chi connectivity index (χ2n) is 3.67. The lowest BCUT2D eigenvalue weighted by Gasteiger charge is -2.25. The van der Waals surface area contributed by atoms with Gasteiger partial charge in [0.25, 0.3) is 0 Å². The lowest BCUT2D eigenvalue weighted by molar-refractivity contribution is -0.121. The highest BCUT2D eigenvalue weighted by atomic mass is 16.2. The summed E-state index contributed by atoms with van der Waals surface area (Å²) in [7, 11) is 1.69. The van der Waals surface area contributed by atoms with Crippen molar-refractivity contribution in [3.05, 3.63) is 24.5 Å². The van der Waals surface area contributed by atoms with Crippen LogP contribution in [0, 0.1) is 0 Å². The van der Waals surface area contributed by atoms with Crippen molar-refractivity contribution in [3.63, 3.8) is 0 Å². The number of pyridine rings is 1. The van der Waals surface area contributed by atoms with Gasteiger partial charge in [-0.15, -0.1) is 0 Å². The molecule has 0 aliphatic carbocycles. The van der Waals surface area contributed by atoms with Gasteiger partial charge in [0, 0.05) is 31.7 Å². The minimum atomic E-state index is -0.0163. The van der Waals surface area contributed by atoms with Crippen LogP contribution in [0.3, 0.4) is 0 Å². The summed E-state index contributed by atoms with van der Waals surface area (Å²) in [6.45, 7) is 0.947. The van der Waals surface area contributed by atoms with Crippen molar-refractivity contribution < 1.29 is 4.79 Å². The van der Waals surface area contributed by atoms with Gasteiger partial charge in [-0.1, -0.05) is 0 Å². The Balaban J connectivity index is 2.18. The van der Waals surface area contributed by atoms with E-state index in [2.05, 4.69) is 15.2 Å². The predicted octanol–water partition coefficient (Wildman–Crippen LogP) is 0.796. The largest absolute Gasteiger partial charge is 0.359 e. The Hall–Kier alpha value is -1.58.